The van der Waals surface area contributed by atoms with Crippen molar-refractivity contribution in [3.05, 3.63) is 57.9 Å². The first-order valence-electron chi connectivity index (χ1n) is 7.88. The second kappa shape index (κ2) is 7.01. The predicted octanol–water partition coefficient (Wildman–Crippen LogP) is 4.29. The van der Waals surface area contributed by atoms with Crippen molar-refractivity contribution in [2.24, 2.45) is 0 Å². The standard InChI is InChI=1S/C19H19NO3S/c1-12-18(15-5-3-4-6-16(15)20-12)19(22)13(2)23-17(21)8-7-14-9-10-24-11-14/h3-6,9-11,13,20H,7-8H2,1-2H3/t13-/m0/s1. The van der Waals surface area contributed by atoms with Gasteiger partial charge in [-0.2, -0.15) is 11.3 Å². The van der Waals surface area contributed by atoms with Gasteiger partial charge >= 0.3 is 5.97 Å². The van der Waals surface area contributed by atoms with Crippen LogP contribution in [0, 0.1) is 6.92 Å². The molecular weight excluding hydrogens is 322 g/mol. The summed E-state index contributed by atoms with van der Waals surface area (Å²) < 4.78 is 5.34. The maximum absolute atomic E-state index is 12.7. The van der Waals surface area contributed by atoms with Gasteiger partial charge in [-0.05, 0) is 48.7 Å². The van der Waals surface area contributed by atoms with Gasteiger partial charge in [0.05, 0.1) is 0 Å². The van der Waals surface area contributed by atoms with E-state index in [4.69, 9.17) is 4.74 Å². The summed E-state index contributed by atoms with van der Waals surface area (Å²) in [6.07, 6.45) is 0.120. The first-order chi connectivity index (χ1) is 11.6. The van der Waals surface area contributed by atoms with Crippen LogP contribution in [0.2, 0.25) is 0 Å². The number of aryl methyl sites for hydroxylation is 2. The molecule has 0 aliphatic heterocycles. The Morgan fingerprint density at radius 3 is 2.79 bits per heavy atom. The van der Waals surface area contributed by atoms with E-state index in [9.17, 15) is 9.59 Å². The number of aromatic nitrogens is 1. The average molecular weight is 341 g/mol. The summed E-state index contributed by atoms with van der Waals surface area (Å²) >= 11 is 1.60. The van der Waals surface area contributed by atoms with Crippen LogP contribution in [0.15, 0.2) is 41.1 Å². The molecule has 24 heavy (non-hydrogen) atoms. The lowest BCUT2D eigenvalue weighted by Gasteiger charge is -2.12. The number of esters is 1. The van der Waals surface area contributed by atoms with E-state index in [0.29, 0.717) is 12.0 Å². The lowest BCUT2D eigenvalue weighted by atomic mass is 10.0. The van der Waals surface area contributed by atoms with Gasteiger partial charge in [0.15, 0.2) is 6.10 Å². The molecule has 1 N–H and O–H groups in total. The van der Waals surface area contributed by atoms with Crippen LogP contribution in [-0.4, -0.2) is 22.8 Å². The fourth-order valence-corrected chi connectivity index (χ4v) is 3.49. The summed E-state index contributed by atoms with van der Waals surface area (Å²) in [4.78, 5) is 27.9. The number of benzene rings is 1. The van der Waals surface area contributed by atoms with Gasteiger partial charge in [-0.15, -0.1) is 0 Å². The molecule has 124 valence electrons. The summed E-state index contributed by atoms with van der Waals surface area (Å²) in [5.74, 6) is -0.520. The molecule has 4 nitrogen and oxygen atoms in total. The molecule has 0 radical (unpaired) electrons. The third kappa shape index (κ3) is 3.41. The van der Waals surface area contributed by atoms with E-state index in [2.05, 4.69) is 4.98 Å². The third-order valence-electron chi connectivity index (χ3n) is 4.02. The van der Waals surface area contributed by atoms with Crippen molar-refractivity contribution in [1.29, 1.82) is 0 Å². The zero-order valence-electron chi connectivity index (χ0n) is 13.7. The molecule has 0 bridgehead atoms. The number of nitrogens with one attached hydrogen (secondary N) is 1. The maximum Gasteiger partial charge on any atom is 0.306 e. The zero-order valence-corrected chi connectivity index (χ0v) is 14.5. The number of para-hydroxylation sites is 1. The molecule has 1 atom stereocenters. The topological polar surface area (TPSA) is 59.2 Å². The van der Waals surface area contributed by atoms with Crippen molar-refractivity contribution in [2.75, 3.05) is 0 Å². The second-order valence-corrected chi connectivity index (χ2v) is 6.58. The Bertz CT molecular complexity index is 864. The number of carbonyl (C=O) groups is 2. The van der Waals surface area contributed by atoms with Crippen molar-refractivity contribution in [2.45, 2.75) is 32.8 Å². The normalized spacial score (nSPS) is 12.2. The quantitative estimate of drug-likeness (QED) is 0.537. The number of thiophene rings is 1. The first-order valence-corrected chi connectivity index (χ1v) is 8.82. The number of carbonyl (C=O) groups excluding carboxylic acids is 2. The van der Waals surface area contributed by atoms with E-state index in [-0.39, 0.29) is 18.2 Å². The highest BCUT2D eigenvalue weighted by molar-refractivity contribution is 7.07. The Hall–Kier alpha value is -2.40. The van der Waals surface area contributed by atoms with Crippen LogP contribution in [0.25, 0.3) is 10.9 Å². The molecular formula is C19H19NO3S. The third-order valence-corrected chi connectivity index (χ3v) is 4.75. The van der Waals surface area contributed by atoms with Crippen molar-refractivity contribution < 1.29 is 14.3 Å². The molecule has 0 aliphatic carbocycles. The Kier molecular flexibility index (Phi) is 4.81. The fraction of sp³-hybridized carbons (Fsp3) is 0.263. The van der Waals surface area contributed by atoms with E-state index < -0.39 is 6.10 Å². The first kappa shape index (κ1) is 16.5. The van der Waals surface area contributed by atoms with Gasteiger partial charge in [-0.1, -0.05) is 18.2 Å². The highest BCUT2D eigenvalue weighted by atomic mass is 32.1. The highest BCUT2D eigenvalue weighted by Crippen LogP contribution is 2.24. The summed E-state index contributed by atoms with van der Waals surface area (Å²) in [6, 6.07) is 9.62. The van der Waals surface area contributed by atoms with Gasteiger partial charge in [0.25, 0.3) is 0 Å². The highest BCUT2D eigenvalue weighted by Gasteiger charge is 2.24. The lowest BCUT2D eigenvalue weighted by molar-refractivity contribution is -0.146. The van der Waals surface area contributed by atoms with Crippen molar-refractivity contribution in [3.63, 3.8) is 0 Å². The zero-order chi connectivity index (χ0) is 17.1. The molecule has 5 heteroatoms. The lowest BCUT2D eigenvalue weighted by Crippen LogP contribution is -2.25. The summed E-state index contributed by atoms with van der Waals surface area (Å²) in [5, 5.41) is 4.85. The van der Waals surface area contributed by atoms with Gasteiger partial charge in [0.1, 0.15) is 0 Å². The molecule has 0 saturated heterocycles. The minimum absolute atomic E-state index is 0.172. The van der Waals surface area contributed by atoms with Crippen LogP contribution >= 0.6 is 11.3 Å². The van der Waals surface area contributed by atoms with Crippen LogP contribution < -0.4 is 0 Å². The largest absolute Gasteiger partial charge is 0.454 e. The molecule has 3 aromatic rings. The van der Waals surface area contributed by atoms with Crippen molar-refractivity contribution in [1.82, 2.24) is 4.98 Å². The smallest absolute Gasteiger partial charge is 0.306 e. The summed E-state index contributed by atoms with van der Waals surface area (Å²) in [6.45, 7) is 3.49. The molecule has 0 aliphatic rings. The van der Waals surface area contributed by atoms with Crippen molar-refractivity contribution in [3.8, 4) is 0 Å². The minimum atomic E-state index is -0.794. The van der Waals surface area contributed by atoms with Gasteiger partial charge in [0.2, 0.25) is 5.78 Å². The van der Waals surface area contributed by atoms with E-state index in [0.717, 1.165) is 22.2 Å². The Balaban J connectivity index is 1.67. The summed E-state index contributed by atoms with van der Waals surface area (Å²) in [5.41, 5.74) is 3.42. The van der Waals surface area contributed by atoms with Crippen LogP contribution in [0.3, 0.4) is 0 Å². The van der Waals surface area contributed by atoms with Gasteiger partial charge in [0, 0.05) is 28.6 Å². The number of rotatable bonds is 6. The second-order valence-electron chi connectivity index (χ2n) is 5.80. The molecule has 0 amide bonds. The minimum Gasteiger partial charge on any atom is -0.454 e. The number of aromatic amines is 1. The van der Waals surface area contributed by atoms with Crippen molar-refractivity contribution >= 4 is 34.0 Å². The van der Waals surface area contributed by atoms with Gasteiger partial charge in [-0.3, -0.25) is 9.59 Å². The number of hydrogen-bond acceptors (Lipinski definition) is 4. The Morgan fingerprint density at radius 2 is 2.04 bits per heavy atom. The van der Waals surface area contributed by atoms with Crippen LogP contribution in [-0.2, 0) is 16.0 Å². The van der Waals surface area contributed by atoms with Gasteiger partial charge in [-0.25, -0.2) is 0 Å². The molecule has 0 spiro atoms. The maximum atomic E-state index is 12.7. The van der Waals surface area contributed by atoms with Crippen LogP contribution in [0.4, 0.5) is 0 Å². The van der Waals surface area contributed by atoms with Crippen LogP contribution in [0.5, 0.6) is 0 Å². The van der Waals surface area contributed by atoms with Crippen LogP contribution in [0.1, 0.15) is 35.0 Å². The summed E-state index contributed by atoms with van der Waals surface area (Å²) in [7, 11) is 0. The number of H-pyrrole nitrogens is 1. The number of hydrogen-bond donors (Lipinski definition) is 1. The SMILES string of the molecule is Cc1[nH]c2ccccc2c1C(=O)[C@H](C)OC(=O)CCc1ccsc1. The number of ketones is 1. The van der Waals surface area contributed by atoms with E-state index in [1.54, 1.807) is 18.3 Å². The molecule has 0 saturated carbocycles. The monoisotopic (exact) mass is 341 g/mol. The number of Topliss-reactive ketones (excluding diaryl/α,β-unsaturated/α-hetero) is 1. The number of fused-ring (bicyclic) bond motifs is 1. The average Bonchev–Trinajstić information content (AvgIpc) is 3.18. The Morgan fingerprint density at radius 1 is 1.25 bits per heavy atom. The number of ether oxygens (including phenoxy) is 1. The molecule has 2 heterocycles. The van der Waals surface area contributed by atoms with Gasteiger partial charge < -0.3 is 9.72 Å². The predicted molar refractivity (Wildman–Crippen MR) is 95.6 cm³/mol. The molecule has 0 fully saturated rings. The Labute approximate surface area is 144 Å². The van der Waals surface area contributed by atoms with E-state index >= 15 is 0 Å². The molecule has 3 rings (SSSR count). The molecule has 0 unspecified atom stereocenters. The fourth-order valence-electron chi connectivity index (χ4n) is 2.79. The molecule has 2 aromatic heterocycles. The van der Waals surface area contributed by atoms with E-state index in [1.807, 2.05) is 48.0 Å². The molecule has 1 aromatic carbocycles. The van der Waals surface area contributed by atoms with E-state index in [1.165, 1.54) is 0 Å².